The molecule has 106 valence electrons. The molecule has 4 nitrogen and oxygen atoms in total. The lowest BCUT2D eigenvalue weighted by atomic mass is 10.00. The summed E-state index contributed by atoms with van der Waals surface area (Å²) in [6, 6.07) is 15.2. The van der Waals surface area contributed by atoms with Crippen molar-refractivity contribution in [1.82, 2.24) is 0 Å². The second-order valence-corrected chi connectivity index (χ2v) is 5.00. The Morgan fingerprint density at radius 1 is 1.19 bits per heavy atom. The monoisotopic (exact) mass is 279 g/mol. The molecule has 2 aromatic rings. The minimum absolute atomic E-state index is 0.369. The van der Waals surface area contributed by atoms with Crippen LogP contribution in [-0.2, 0) is 11.3 Å². The van der Waals surface area contributed by atoms with Crippen molar-refractivity contribution in [3.63, 3.8) is 0 Å². The van der Waals surface area contributed by atoms with E-state index in [0.29, 0.717) is 6.54 Å². The van der Waals surface area contributed by atoms with Gasteiger partial charge in [0.1, 0.15) is 18.2 Å². The minimum Gasteiger partial charge on any atom is -0.326 e. The van der Waals surface area contributed by atoms with Crippen molar-refractivity contribution in [3.05, 3.63) is 59.7 Å². The molecular formula is C17H17N3O. The van der Waals surface area contributed by atoms with Gasteiger partial charge in [-0.1, -0.05) is 36.4 Å². The van der Waals surface area contributed by atoms with Crippen LogP contribution in [0.3, 0.4) is 0 Å². The number of carbonyl (C=O) groups is 1. The van der Waals surface area contributed by atoms with Crippen LogP contribution in [-0.4, -0.2) is 12.1 Å². The first kappa shape index (κ1) is 13.5. The summed E-state index contributed by atoms with van der Waals surface area (Å²) in [5, 5.41) is 0. The largest absolute Gasteiger partial charge is 0.326 e. The zero-order valence-electron chi connectivity index (χ0n) is 11.9. The molecule has 1 unspecified atom stereocenters. The highest BCUT2D eigenvalue weighted by Crippen LogP contribution is 2.37. The van der Waals surface area contributed by atoms with Crippen LogP contribution in [0, 0.1) is 0 Å². The summed E-state index contributed by atoms with van der Waals surface area (Å²) in [6.07, 6.45) is 0.963. The van der Waals surface area contributed by atoms with Gasteiger partial charge in [0.2, 0.25) is 0 Å². The summed E-state index contributed by atoms with van der Waals surface area (Å²) in [5.74, 6) is 0.798. The van der Waals surface area contributed by atoms with E-state index in [2.05, 4.69) is 4.99 Å². The fourth-order valence-electron chi connectivity index (χ4n) is 2.78. The van der Waals surface area contributed by atoms with Crippen LogP contribution >= 0.6 is 0 Å². The molecule has 0 aliphatic carbocycles. The SMILES string of the molecule is CC1=Nc2ccccc2C(C=O)N1c1ccccc1CN. The number of hydrogen-bond donors (Lipinski definition) is 1. The lowest BCUT2D eigenvalue weighted by molar-refractivity contribution is -0.108. The number of aldehydes is 1. The third-order valence-corrected chi connectivity index (χ3v) is 3.76. The molecule has 2 N–H and O–H groups in total. The average molecular weight is 279 g/mol. The average Bonchev–Trinajstić information content (AvgIpc) is 2.53. The summed E-state index contributed by atoms with van der Waals surface area (Å²) < 4.78 is 0. The molecule has 1 aliphatic rings. The first-order valence-electron chi connectivity index (χ1n) is 6.93. The van der Waals surface area contributed by atoms with E-state index >= 15 is 0 Å². The van der Waals surface area contributed by atoms with Crippen LogP contribution in [0.5, 0.6) is 0 Å². The highest BCUT2D eigenvalue weighted by Gasteiger charge is 2.29. The lowest BCUT2D eigenvalue weighted by Gasteiger charge is -2.35. The van der Waals surface area contributed by atoms with Gasteiger partial charge in [-0.3, -0.25) is 0 Å². The maximum Gasteiger partial charge on any atom is 0.147 e. The van der Waals surface area contributed by atoms with Crippen molar-refractivity contribution in [2.24, 2.45) is 10.7 Å². The van der Waals surface area contributed by atoms with Crippen molar-refractivity contribution in [2.75, 3.05) is 4.90 Å². The highest BCUT2D eigenvalue weighted by molar-refractivity contribution is 6.04. The summed E-state index contributed by atoms with van der Waals surface area (Å²) in [7, 11) is 0. The molecule has 1 aliphatic heterocycles. The zero-order chi connectivity index (χ0) is 14.8. The fraction of sp³-hybridized carbons (Fsp3) is 0.176. The summed E-state index contributed by atoms with van der Waals surface area (Å²) >= 11 is 0. The molecule has 0 spiro atoms. The smallest absolute Gasteiger partial charge is 0.147 e. The molecule has 2 aromatic carbocycles. The van der Waals surface area contributed by atoms with Gasteiger partial charge in [-0.25, -0.2) is 4.99 Å². The Morgan fingerprint density at radius 2 is 1.90 bits per heavy atom. The number of aliphatic imine (C=N–C) groups is 1. The van der Waals surface area contributed by atoms with Gasteiger partial charge in [0.05, 0.1) is 5.69 Å². The van der Waals surface area contributed by atoms with Gasteiger partial charge in [0.25, 0.3) is 0 Å². The highest BCUT2D eigenvalue weighted by atomic mass is 16.1. The Kier molecular flexibility index (Phi) is 3.54. The van der Waals surface area contributed by atoms with Gasteiger partial charge in [-0.05, 0) is 24.6 Å². The number of para-hydroxylation sites is 2. The number of carbonyl (C=O) groups excluding carboxylic acids is 1. The molecule has 0 amide bonds. The maximum absolute atomic E-state index is 11.7. The Hall–Kier alpha value is -2.46. The van der Waals surface area contributed by atoms with Crippen molar-refractivity contribution in [3.8, 4) is 0 Å². The number of rotatable bonds is 3. The fourth-order valence-corrected chi connectivity index (χ4v) is 2.78. The lowest BCUT2D eigenvalue weighted by Crippen LogP contribution is -2.37. The Morgan fingerprint density at radius 3 is 2.67 bits per heavy atom. The number of nitrogens with two attached hydrogens (primary N) is 1. The van der Waals surface area contributed by atoms with Gasteiger partial charge in [0.15, 0.2) is 0 Å². The molecule has 0 fully saturated rings. The summed E-state index contributed by atoms with van der Waals surface area (Å²) in [5.41, 5.74) is 9.54. The van der Waals surface area contributed by atoms with Crippen molar-refractivity contribution >= 4 is 23.5 Å². The van der Waals surface area contributed by atoms with Crippen molar-refractivity contribution in [1.29, 1.82) is 0 Å². The van der Waals surface area contributed by atoms with Crippen LogP contribution in [0.4, 0.5) is 11.4 Å². The van der Waals surface area contributed by atoms with Crippen LogP contribution in [0.1, 0.15) is 24.1 Å². The van der Waals surface area contributed by atoms with E-state index in [0.717, 1.165) is 34.6 Å². The number of hydrogen-bond acceptors (Lipinski definition) is 4. The molecule has 0 bridgehead atoms. The van der Waals surface area contributed by atoms with Gasteiger partial charge in [0, 0.05) is 17.8 Å². The molecule has 1 heterocycles. The topological polar surface area (TPSA) is 58.7 Å². The molecule has 3 rings (SSSR count). The number of benzene rings is 2. The van der Waals surface area contributed by atoms with Gasteiger partial charge < -0.3 is 15.4 Å². The Bertz CT molecular complexity index is 709. The molecule has 0 saturated heterocycles. The molecule has 0 radical (unpaired) electrons. The van der Waals surface area contributed by atoms with E-state index in [1.54, 1.807) is 0 Å². The number of amidine groups is 1. The summed E-state index contributed by atoms with van der Waals surface area (Å²) in [4.78, 5) is 18.3. The van der Waals surface area contributed by atoms with Crippen LogP contribution in [0.15, 0.2) is 53.5 Å². The number of nitrogens with zero attached hydrogens (tertiary/aromatic N) is 2. The van der Waals surface area contributed by atoms with E-state index in [1.807, 2.05) is 60.4 Å². The van der Waals surface area contributed by atoms with Gasteiger partial charge in [-0.15, -0.1) is 0 Å². The zero-order valence-corrected chi connectivity index (χ0v) is 11.9. The van der Waals surface area contributed by atoms with Crippen molar-refractivity contribution in [2.45, 2.75) is 19.5 Å². The second-order valence-electron chi connectivity index (χ2n) is 5.00. The van der Waals surface area contributed by atoms with E-state index in [1.165, 1.54) is 0 Å². The predicted molar refractivity (Wildman–Crippen MR) is 84.8 cm³/mol. The van der Waals surface area contributed by atoms with Gasteiger partial charge in [-0.2, -0.15) is 0 Å². The van der Waals surface area contributed by atoms with Crippen molar-refractivity contribution < 1.29 is 4.79 Å². The Labute approximate surface area is 123 Å². The van der Waals surface area contributed by atoms with Gasteiger partial charge >= 0.3 is 0 Å². The molecule has 21 heavy (non-hydrogen) atoms. The number of fused-ring (bicyclic) bond motifs is 1. The normalized spacial score (nSPS) is 17.1. The van der Waals surface area contributed by atoms with Crippen LogP contribution in [0.2, 0.25) is 0 Å². The van der Waals surface area contributed by atoms with Crippen LogP contribution in [0.25, 0.3) is 0 Å². The van der Waals surface area contributed by atoms with E-state index in [-0.39, 0.29) is 6.04 Å². The predicted octanol–water partition coefficient (Wildman–Crippen LogP) is 2.96. The van der Waals surface area contributed by atoms with Crippen LogP contribution < -0.4 is 10.6 Å². The third-order valence-electron chi connectivity index (χ3n) is 3.76. The first-order chi connectivity index (χ1) is 10.3. The third kappa shape index (κ3) is 2.23. The molecule has 1 atom stereocenters. The number of anilines is 1. The summed E-state index contributed by atoms with van der Waals surface area (Å²) in [6.45, 7) is 2.34. The molecular weight excluding hydrogens is 262 g/mol. The first-order valence-corrected chi connectivity index (χ1v) is 6.93. The quantitative estimate of drug-likeness (QED) is 0.879. The minimum atomic E-state index is -0.369. The van der Waals surface area contributed by atoms with E-state index in [9.17, 15) is 4.79 Å². The standard InChI is InChI=1S/C17H17N3O/c1-12-19-15-8-4-3-7-14(15)17(11-21)20(12)16-9-5-2-6-13(16)10-18/h2-9,11,17H,10,18H2,1H3. The maximum atomic E-state index is 11.7. The van der Waals surface area contributed by atoms with E-state index in [4.69, 9.17) is 5.73 Å². The second kappa shape index (κ2) is 5.50. The molecule has 4 heteroatoms. The van der Waals surface area contributed by atoms with E-state index < -0.39 is 0 Å². The Balaban J connectivity index is 2.17. The molecule has 0 aromatic heterocycles. The molecule has 0 saturated carbocycles.